The summed E-state index contributed by atoms with van der Waals surface area (Å²) in [5.74, 6) is 0.551. The van der Waals surface area contributed by atoms with Crippen LogP contribution in [0.25, 0.3) is 21.5 Å². The second-order valence-corrected chi connectivity index (χ2v) is 7.99. The van der Waals surface area contributed by atoms with Gasteiger partial charge in [-0.1, -0.05) is 56.2 Å². The molecule has 1 aliphatic rings. The van der Waals surface area contributed by atoms with E-state index in [1.165, 1.54) is 62.5 Å². The third-order valence-corrected chi connectivity index (χ3v) is 5.84. The topological polar surface area (TPSA) is 0 Å². The molecular formula is C28H26Cl2Zr-2. The standard InChI is InChI=1S/C13H9.C8H11.C7H6.2ClH.Zr/c1-3-7-12-10(5-1)9-11-6-2-4-8-13(11)12;1-6-4-7(2)8(3)5-6;1-7-5-3-2-4-6-7;;;/h1-9H;4,6H,1-3H3;1-6H;2*1H;/q2*-1;;;;+2/p-2. The van der Waals surface area contributed by atoms with Crippen LogP contribution in [0.15, 0.2) is 102 Å². The molecule has 0 saturated heterocycles. The van der Waals surface area contributed by atoms with Crippen LogP contribution in [0.4, 0.5) is 0 Å². The molecule has 1 aliphatic carbocycles. The molecule has 0 saturated carbocycles. The van der Waals surface area contributed by atoms with Crippen LogP contribution in [0.2, 0.25) is 0 Å². The van der Waals surface area contributed by atoms with Crippen molar-refractivity contribution in [2.75, 3.05) is 0 Å². The Balaban J connectivity index is 0.000000237. The maximum atomic E-state index is 3.29. The molecule has 31 heavy (non-hydrogen) atoms. The van der Waals surface area contributed by atoms with Crippen LogP contribution in [0, 0.1) is 12.0 Å². The van der Waals surface area contributed by atoms with Crippen molar-refractivity contribution in [3.8, 4) is 0 Å². The van der Waals surface area contributed by atoms with E-state index in [2.05, 4.69) is 115 Å². The van der Waals surface area contributed by atoms with Gasteiger partial charge in [0.1, 0.15) is 0 Å². The molecule has 1 atom stereocenters. The second-order valence-electron chi connectivity index (χ2n) is 7.28. The first-order chi connectivity index (χ1) is 14.1. The third-order valence-electron chi connectivity index (χ3n) is 5.02. The Morgan fingerprint density at radius 3 is 1.61 bits per heavy atom. The van der Waals surface area contributed by atoms with Gasteiger partial charge in [-0.3, -0.25) is 6.08 Å². The van der Waals surface area contributed by atoms with Gasteiger partial charge in [-0.05, 0) is 0 Å². The SMILES string of the molecule is CC1=[C-]C(C)C=C1C.[Cl-].[Cl-].[Zr+2]=[CH]c1ccccc1.c1ccc2c(c1)[cH-]c1ccccc12. The minimum atomic E-state index is 0. The molecule has 4 aromatic carbocycles. The van der Waals surface area contributed by atoms with E-state index in [1.54, 1.807) is 0 Å². The summed E-state index contributed by atoms with van der Waals surface area (Å²) < 4.78 is 2.17. The van der Waals surface area contributed by atoms with Crippen molar-refractivity contribution in [3.05, 3.63) is 114 Å². The molecule has 0 heterocycles. The summed E-state index contributed by atoms with van der Waals surface area (Å²) in [5, 5.41) is 5.39. The first-order valence-electron chi connectivity index (χ1n) is 9.96. The summed E-state index contributed by atoms with van der Waals surface area (Å²) in [4.78, 5) is 0. The predicted molar refractivity (Wildman–Crippen MR) is 124 cm³/mol. The molecule has 4 aromatic rings. The van der Waals surface area contributed by atoms with Gasteiger partial charge in [0.15, 0.2) is 0 Å². The summed E-state index contributed by atoms with van der Waals surface area (Å²) in [5.41, 5.74) is 4.03. The number of hydrogen-bond donors (Lipinski definition) is 0. The van der Waals surface area contributed by atoms with Gasteiger partial charge in [-0.25, -0.2) is 11.1 Å². The molecule has 0 aromatic heterocycles. The quantitative estimate of drug-likeness (QED) is 0.331. The van der Waals surface area contributed by atoms with Gasteiger partial charge in [0.2, 0.25) is 0 Å². The van der Waals surface area contributed by atoms with Gasteiger partial charge in [0, 0.05) is 0 Å². The van der Waals surface area contributed by atoms with E-state index in [0.717, 1.165) is 0 Å². The molecular weight excluding hydrogens is 498 g/mol. The van der Waals surface area contributed by atoms with Gasteiger partial charge >= 0.3 is 63.8 Å². The summed E-state index contributed by atoms with van der Waals surface area (Å²) >= 11 is 1.46. The van der Waals surface area contributed by atoms with Gasteiger partial charge in [0.05, 0.1) is 0 Å². The molecule has 0 radical (unpaired) electrons. The zero-order chi connectivity index (χ0) is 20.6. The first kappa shape index (κ1) is 27.4. The smallest absolute Gasteiger partial charge is 0.0771 e. The maximum absolute atomic E-state index is 3.29. The largest absolute Gasteiger partial charge is 0.126 e. The van der Waals surface area contributed by atoms with Crippen molar-refractivity contribution in [1.29, 1.82) is 0 Å². The Morgan fingerprint density at radius 1 is 0.774 bits per heavy atom. The molecule has 5 rings (SSSR count). The van der Waals surface area contributed by atoms with Gasteiger partial charge in [-0.2, -0.15) is 6.08 Å². The first-order valence-corrected chi connectivity index (χ1v) is 11.4. The molecule has 0 bridgehead atoms. The Bertz CT molecular complexity index is 1090. The van der Waals surface area contributed by atoms with Crippen molar-refractivity contribution in [2.24, 2.45) is 5.92 Å². The summed E-state index contributed by atoms with van der Waals surface area (Å²) in [6.07, 6.45) is 5.52. The van der Waals surface area contributed by atoms with Crippen molar-refractivity contribution in [1.82, 2.24) is 0 Å². The van der Waals surface area contributed by atoms with E-state index in [1.807, 2.05) is 6.07 Å². The molecule has 3 heteroatoms. The van der Waals surface area contributed by atoms with E-state index in [9.17, 15) is 0 Å². The predicted octanol–water partition coefficient (Wildman–Crippen LogP) is 1.44. The van der Waals surface area contributed by atoms with Gasteiger partial charge < -0.3 is 24.8 Å². The average Bonchev–Trinajstić information content (AvgIpc) is 3.27. The van der Waals surface area contributed by atoms with Crippen LogP contribution in [-0.2, 0) is 24.2 Å². The Hall–Kier alpha value is -1.66. The zero-order valence-corrected chi connectivity index (χ0v) is 22.0. The van der Waals surface area contributed by atoms with Crippen LogP contribution in [0.3, 0.4) is 0 Å². The minimum absolute atomic E-state index is 0. The molecule has 0 spiro atoms. The molecule has 1 unspecified atom stereocenters. The number of allylic oxidation sites excluding steroid dienone is 4. The van der Waals surface area contributed by atoms with E-state index in [0.29, 0.717) is 5.92 Å². The van der Waals surface area contributed by atoms with Crippen molar-refractivity contribution < 1.29 is 49.0 Å². The number of hydrogen-bond acceptors (Lipinski definition) is 0. The number of fused-ring (bicyclic) bond motifs is 3. The Labute approximate surface area is 213 Å². The number of rotatable bonds is 1. The van der Waals surface area contributed by atoms with Gasteiger partial charge in [-0.15, -0.1) is 46.7 Å². The molecule has 0 nitrogen and oxygen atoms in total. The van der Waals surface area contributed by atoms with E-state index in [-0.39, 0.29) is 24.8 Å². The Kier molecular flexibility index (Phi) is 12.1. The summed E-state index contributed by atoms with van der Waals surface area (Å²) in [6, 6.07) is 29.6. The van der Waals surface area contributed by atoms with Gasteiger partial charge in [0.25, 0.3) is 0 Å². The third kappa shape index (κ3) is 7.76. The van der Waals surface area contributed by atoms with E-state index in [4.69, 9.17) is 0 Å². The van der Waals surface area contributed by atoms with Crippen LogP contribution in [-0.4, -0.2) is 3.71 Å². The van der Waals surface area contributed by atoms with Crippen molar-refractivity contribution >= 4 is 25.3 Å². The second kappa shape index (κ2) is 13.7. The van der Waals surface area contributed by atoms with E-state index >= 15 is 0 Å². The average molecular weight is 525 g/mol. The Morgan fingerprint density at radius 2 is 1.26 bits per heavy atom. The monoisotopic (exact) mass is 522 g/mol. The normalized spacial score (nSPS) is 14.0. The van der Waals surface area contributed by atoms with Crippen LogP contribution >= 0.6 is 0 Å². The fraction of sp³-hybridized carbons (Fsp3) is 0.143. The van der Waals surface area contributed by atoms with Crippen LogP contribution in [0.5, 0.6) is 0 Å². The minimum Gasteiger partial charge on any atom is -0.126 e. The molecule has 158 valence electrons. The maximum Gasteiger partial charge on any atom is -0.0771 e. The summed E-state index contributed by atoms with van der Waals surface area (Å²) in [6.45, 7) is 6.39. The molecule has 0 amide bonds. The van der Waals surface area contributed by atoms with Crippen molar-refractivity contribution in [3.63, 3.8) is 0 Å². The zero-order valence-electron chi connectivity index (χ0n) is 18.1. The number of benzene rings is 3. The fourth-order valence-corrected chi connectivity index (χ4v) is 3.92. The van der Waals surface area contributed by atoms with Crippen molar-refractivity contribution in [2.45, 2.75) is 20.8 Å². The molecule has 0 N–H and O–H groups in total. The van der Waals surface area contributed by atoms with Crippen LogP contribution < -0.4 is 24.8 Å². The fourth-order valence-electron chi connectivity index (χ4n) is 3.45. The molecule has 0 fully saturated rings. The number of halogens is 2. The van der Waals surface area contributed by atoms with Crippen LogP contribution in [0.1, 0.15) is 26.3 Å². The molecule has 0 aliphatic heterocycles. The van der Waals surface area contributed by atoms with E-state index < -0.39 is 0 Å². The summed E-state index contributed by atoms with van der Waals surface area (Å²) in [7, 11) is 0.